The molecule has 0 spiro atoms. The van der Waals surface area contributed by atoms with Crippen molar-refractivity contribution in [1.82, 2.24) is 9.97 Å². The summed E-state index contributed by atoms with van der Waals surface area (Å²) in [4.78, 5) is 35.1. The minimum Gasteiger partial charge on any atom is -0.449 e. The lowest BCUT2D eigenvalue weighted by Crippen LogP contribution is -2.39. The van der Waals surface area contributed by atoms with E-state index < -0.39 is 12.1 Å². The molecule has 0 saturated carbocycles. The molecule has 0 fully saturated rings. The molecule has 3 aromatic carbocycles. The van der Waals surface area contributed by atoms with E-state index in [0.717, 1.165) is 40.1 Å². The molecule has 1 amide bonds. The number of carbonyl (C=O) groups is 2. The predicted octanol–water partition coefficient (Wildman–Crippen LogP) is 4.36. The standard InChI is InChI=1S/C25H21N3O3/c1-16(24(29)28-14-13-17-7-5-6-10-22(17)28)31-25(30)19-11-12-20-21(15-19)27-23(26-20)18-8-3-2-4-9-18/h2-12,15-16H,13-14H2,1H3,(H,26,27). The lowest BCUT2D eigenvalue weighted by Gasteiger charge is -2.21. The van der Waals surface area contributed by atoms with Crippen molar-refractivity contribution in [2.75, 3.05) is 11.4 Å². The van der Waals surface area contributed by atoms with E-state index in [1.165, 1.54) is 0 Å². The number of nitrogens with zero attached hydrogens (tertiary/aromatic N) is 2. The van der Waals surface area contributed by atoms with Gasteiger partial charge in [0.25, 0.3) is 5.91 Å². The Hall–Kier alpha value is -3.93. The Kier molecular flexibility index (Phi) is 4.75. The Balaban J connectivity index is 1.32. The molecule has 6 nitrogen and oxygen atoms in total. The van der Waals surface area contributed by atoms with E-state index in [1.807, 2.05) is 54.6 Å². The minimum absolute atomic E-state index is 0.215. The number of nitrogens with one attached hydrogen (secondary N) is 1. The second kappa shape index (κ2) is 7.72. The van der Waals surface area contributed by atoms with Crippen LogP contribution in [0.3, 0.4) is 0 Å². The topological polar surface area (TPSA) is 75.3 Å². The van der Waals surface area contributed by atoms with Crippen LogP contribution in [0.2, 0.25) is 0 Å². The number of carbonyl (C=O) groups excluding carboxylic acids is 2. The van der Waals surface area contributed by atoms with Crippen molar-refractivity contribution >= 4 is 28.6 Å². The second-order valence-corrected chi connectivity index (χ2v) is 7.60. The van der Waals surface area contributed by atoms with Gasteiger partial charge in [-0.15, -0.1) is 0 Å². The fraction of sp³-hybridized carbons (Fsp3) is 0.160. The van der Waals surface area contributed by atoms with Gasteiger partial charge in [0.05, 0.1) is 16.6 Å². The van der Waals surface area contributed by atoms with Crippen LogP contribution in [0.4, 0.5) is 5.69 Å². The Labute approximate surface area is 179 Å². The largest absolute Gasteiger partial charge is 0.449 e. The normalized spacial score (nSPS) is 13.8. The number of rotatable bonds is 4. The van der Waals surface area contributed by atoms with Gasteiger partial charge in [0.1, 0.15) is 5.82 Å². The molecule has 2 heterocycles. The molecule has 31 heavy (non-hydrogen) atoms. The fourth-order valence-corrected chi connectivity index (χ4v) is 3.93. The number of hydrogen-bond donors (Lipinski definition) is 1. The smallest absolute Gasteiger partial charge is 0.338 e. The highest BCUT2D eigenvalue weighted by Gasteiger charge is 2.30. The number of anilines is 1. The number of H-pyrrole nitrogens is 1. The number of hydrogen-bond acceptors (Lipinski definition) is 4. The van der Waals surface area contributed by atoms with Crippen LogP contribution in [-0.4, -0.2) is 34.5 Å². The third kappa shape index (κ3) is 3.57. The van der Waals surface area contributed by atoms with Gasteiger partial charge in [-0.3, -0.25) is 4.79 Å². The van der Waals surface area contributed by atoms with Crippen LogP contribution in [0.15, 0.2) is 72.8 Å². The van der Waals surface area contributed by atoms with Gasteiger partial charge in [-0.1, -0.05) is 48.5 Å². The summed E-state index contributed by atoms with van der Waals surface area (Å²) in [6, 6.07) is 22.7. The minimum atomic E-state index is -0.879. The SMILES string of the molecule is CC(OC(=O)c1ccc2nc(-c3ccccc3)[nH]c2c1)C(=O)N1CCc2ccccc21. The molecule has 1 aliphatic heterocycles. The van der Waals surface area contributed by atoms with Gasteiger partial charge in [0.15, 0.2) is 6.10 Å². The van der Waals surface area contributed by atoms with Crippen LogP contribution in [0.1, 0.15) is 22.8 Å². The zero-order chi connectivity index (χ0) is 21.4. The maximum Gasteiger partial charge on any atom is 0.338 e. The van der Waals surface area contributed by atoms with Crippen LogP contribution in [0.5, 0.6) is 0 Å². The predicted molar refractivity (Wildman–Crippen MR) is 119 cm³/mol. The highest BCUT2D eigenvalue weighted by atomic mass is 16.5. The van der Waals surface area contributed by atoms with Crippen molar-refractivity contribution in [3.8, 4) is 11.4 Å². The summed E-state index contributed by atoms with van der Waals surface area (Å²) in [5, 5.41) is 0. The number of para-hydroxylation sites is 1. The van der Waals surface area contributed by atoms with Crippen molar-refractivity contribution in [2.24, 2.45) is 0 Å². The molecular weight excluding hydrogens is 390 g/mol. The molecule has 1 aliphatic rings. The third-order valence-electron chi connectivity index (χ3n) is 5.55. The maximum atomic E-state index is 12.9. The molecule has 5 rings (SSSR count). The van der Waals surface area contributed by atoms with Gasteiger partial charge in [0, 0.05) is 17.8 Å². The number of benzene rings is 3. The van der Waals surface area contributed by atoms with Gasteiger partial charge >= 0.3 is 5.97 Å². The highest BCUT2D eigenvalue weighted by Crippen LogP contribution is 2.28. The van der Waals surface area contributed by atoms with Crippen LogP contribution in [-0.2, 0) is 16.0 Å². The Morgan fingerprint density at radius 1 is 1.03 bits per heavy atom. The molecule has 0 radical (unpaired) electrons. The molecule has 1 N–H and O–H groups in total. The zero-order valence-electron chi connectivity index (χ0n) is 17.0. The van der Waals surface area contributed by atoms with E-state index in [-0.39, 0.29) is 5.91 Å². The number of amides is 1. The van der Waals surface area contributed by atoms with Crippen molar-refractivity contribution in [2.45, 2.75) is 19.4 Å². The fourth-order valence-electron chi connectivity index (χ4n) is 3.93. The molecule has 6 heteroatoms. The van der Waals surface area contributed by atoms with Gasteiger partial charge < -0.3 is 14.6 Å². The highest BCUT2D eigenvalue weighted by molar-refractivity contribution is 6.01. The van der Waals surface area contributed by atoms with E-state index in [2.05, 4.69) is 9.97 Å². The van der Waals surface area contributed by atoms with E-state index in [0.29, 0.717) is 12.1 Å². The third-order valence-corrected chi connectivity index (χ3v) is 5.55. The molecular formula is C25H21N3O3. The van der Waals surface area contributed by atoms with Crippen LogP contribution in [0.25, 0.3) is 22.4 Å². The average molecular weight is 411 g/mol. The first-order valence-corrected chi connectivity index (χ1v) is 10.3. The summed E-state index contributed by atoms with van der Waals surface area (Å²) >= 11 is 0. The average Bonchev–Trinajstić information content (AvgIpc) is 3.43. The Morgan fingerprint density at radius 2 is 1.81 bits per heavy atom. The number of aromatic amines is 1. The zero-order valence-corrected chi connectivity index (χ0v) is 17.0. The lowest BCUT2D eigenvalue weighted by molar-refractivity contribution is -0.126. The molecule has 4 aromatic rings. The number of imidazole rings is 1. The van der Waals surface area contributed by atoms with E-state index in [9.17, 15) is 9.59 Å². The van der Waals surface area contributed by atoms with Gasteiger partial charge in [-0.05, 0) is 43.2 Å². The van der Waals surface area contributed by atoms with Gasteiger partial charge in [0.2, 0.25) is 0 Å². The number of esters is 1. The van der Waals surface area contributed by atoms with Crippen molar-refractivity contribution in [3.63, 3.8) is 0 Å². The molecule has 154 valence electrons. The molecule has 0 aliphatic carbocycles. The monoisotopic (exact) mass is 411 g/mol. The van der Waals surface area contributed by atoms with Gasteiger partial charge in [-0.2, -0.15) is 0 Å². The Morgan fingerprint density at radius 3 is 2.65 bits per heavy atom. The van der Waals surface area contributed by atoms with Crippen LogP contribution in [0, 0.1) is 0 Å². The number of ether oxygens (including phenoxy) is 1. The summed E-state index contributed by atoms with van der Waals surface area (Å²) in [7, 11) is 0. The first-order chi connectivity index (χ1) is 15.1. The molecule has 0 saturated heterocycles. The summed E-state index contributed by atoms with van der Waals surface area (Å²) in [6.07, 6.45) is -0.0704. The summed E-state index contributed by atoms with van der Waals surface area (Å²) in [5.41, 5.74) is 4.86. The molecule has 1 aromatic heterocycles. The molecule has 0 bridgehead atoms. The van der Waals surface area contributed by atoms with E-state index in [1.54, 1.807) is 30.0 Å². The maximum absolute atomic E-state index is 12.9. The first-order valence-electron chi connectivity index (χ1n) is 10.3. The molecule has 1 atom stereocenters. The summed E-state index contributed by atoms with van der Waals surface area (Å²) < 4.78 is 5.50. The molecule has 1 unspecified atom stereocenters. The van der Waals surface area contributed by atoms with Crippen LogP contribution >= 0.6 is 0 Å². The Bertz CT molecular complexity index is 1280. The number of fused-ring (bicyclic) bond motifs is 2. The summed E-state index contributed by atoms with van der Waals surface area (Å²) in [5.74, 6) is -0.0178. The second-order valence-electron chi connectivity index (χ2n) is 7.60. The van der Waals surface area contributed by atoms with E-state index in [4.69, 9.17) is 4.74 Å². The van der Waals surface area contributed by atoms with E-state index >= 15 is 0 Å². The quantitative estimate of drug-likeness (QED) is 0.506. The van der Waals surface area contributed by atoms with Crippen molar-refractivity contribution in [3.05, 3.63) is 83.9 Å². The summed E-state index contributed by atoms with van der Waals surface area (Å²) in [6.45, 7) is 2.21. The van der Waals surface area contributed by atoms with Gasteiger partial charge in [-0.25, -0.2) is 9.78 Å². The van der Waals surface area contributed by atoms with Crippen molar-refractivity contribution in [1.29, 1.82) is 0 Å². The van der Waals surface area contributed by atoms with Crippen molar-refractivity contribution < 1.29 is 14.3 Å². The number of aromatic nitrogens is 2. The lowest BCUT2D eigenvalue weighted by atomic mass is 10.2. The first kappa shape index (κ1) is 19.1. The van der Waals surface area contributed by atoms with Crippen LogP contribution < -0.4 is 4.90 Å².